The van der Waals surface area contributed by atoms with Crippen LogP contribution in [0.3, 0.4) is 0 Å². The van der Waals surface area contributed by atoms with Gasteiger partial charge in [0.15, 0.2) is 0 Å². The van der Waals surface area contributed by atoms with Gasteiger partial charge < -0.3 is 5.73 Å². The Balaban J connectivity index is 2.51. The second-order valence-electron chi connectivity index (χ2n) is 4.57. The highest BCUT2D eigenvalue weighted by molar-refractivity contribution is 5.06. The molecule has 66 valence electrons. The average Bonchev–Trinajstić information content (AvgIpc) is 2.51. The lowest BCUT2D eigenvalue weighted by Crippen LogP contribution is -2.06. The molecule has 3 atom stereocenters. The van der Waals surface area contributed by atoms with Crippen molar-refractivity contribution in [3.63, 3.8) is 0 Å². The highest BCUT2D eigenvalue weighted by Gasteiger charge is 2.57. The maximum Gasteiger partial charge on any atom is -0.00407 e. The van der Waals surface area contributed by atoms with Crippen molar-refractivity contribution in [1.29, 1.82) is 0 Å². The molecule has 1 aliphatic carbocycles. The third kappa shape index (κ3) is 1.31. The summed E-state index contributed by atoms with van der Waals surface area (Å²) in [5, 5.41) is 0. The minimum Gasteiger partial charge on any atom is -0.330 e. The molecular formula is C10H21N. The standard InChI is InChI=1S/C10H21N/c1-5-7(2)9-8(6-11)10(9,3)4/h7-9H,5-6,11H2,1-4H3. The molecule has 0 aromatic heterocycles. The number of rotatable bonds is 3. The molecule has 0 aromatic carbocycles. The van der Waals surface area contributed by atoms with Gasteiger partial charge in [-0.25, -0.2) is 0 Å². The van der Waals surface area contributed by atoms with Crippen LogP contribution in [0.15, 0.2) is 0 Å². The van der Waals surface area contributed by atoms with E-state index in [1.54, 1.807) is 0 Å². The van der Waals surface area contributed by atoms with Gasteiger partial charge in [-0.15, -0.1) is 0 Å². The van der Waals surface area contributed by atoms with E-state index in [1.165, 1.54) is 6.42 Å². The molecule has 2 N–H and O–H groups in total. The number of nitrogens with two attached hydrogens (primary N) is 1. The monoisotopic (exact) mass is 155 g/mol. The smallest absolute Gasteiger partial charge is 0.00407 e. The molecule has 0 radical (unpaired) electrons. The molecular weight excluding hydrogens is 134 g/mol. The molecule has 1 fully saturated rings. The van der Waals surface area contributed by atoms with Crippen LogP contribution in [-0.2, 0) is 0 Å². The van der Waals surface area contributed by atoms with E-state index in [2.05, 4.69) is 27.7 Å². The summed E-state index contributed by atoms with van der Waals surface area (Å²) in [6.45, 7) is 10.2. The largest absolute Gasteiger partial charge is 0.330 e. The quantitative estimate of drug-likeness (QED) is 0.664. The Morgan fingerprint density at radius 1 is 1.45 bits per heavy atom. The van der Waals surface area contributed by atoms with Crippen molar-refractivity contribution in [3.05, 3.63) is 0 Å². The van der Waals surface area contributed by atoms with Crippen LogP contribution in [0, 0.1) is 23.2 Å². The number of hydrogen-bond donors (Lipinski definition) is 1. The lowest BCUT2D eigenvalue weighted by molar-refractivity contribution is 0.411. The molecule has 0 aromatic rings. The van der Waals surface area contributed by atoms with Crippen LogP contribution in [0.2, 0.25) is 0 Å². The summed E-state index contributed by atoms with van der Waals surface area (Å²) in [6, 6.07) is 0. The van der Waals surface area contributed by atoms with Crippen molar-refractivity contribution in [2.24, 2.45) is 28.9 Å². The van der Waals surface area contributed by atoms with Gasteiger partial charge in [0, 0.05) is 0 Å². The Kier molecular flexibility index (Phi) is 2.29. The van der Waals surface area contributed by atoms with Gasteiger partial charge in [-0.1, -0.05) is 34.1 Å². The first-order valence-corrected chi connectivity index (χ1v) is 4.75. The van der Waals surface area contributed by atoms with Gasteiger partial charge in [-0.2, -0.15) is 0 Å². The number of hydrogen-bond acceptors (Lipinski definition) is 1. The summed E-state index contributed by atoms with van der Waals surface area (Å²) in [5.41, 5.74) is 6.22. The normalized spacial score (nSPS) is 36.8. The zero-order valence-corrected chi connectivity index (χ0v) is 8.22. The average molecular weight is 155 g/mol. The first-order valence-electron chi connectivity index (χ1n) is 4.75. The third-order valence-electron chi connectivity index (χ3n) is 3.65. The van der Waals surface area contributed by atoms with Crippen molar-refractivity contribution in [2.75, 3.05) is 6.54 Å². The highest BCUT2D eigenvalue weighted by Crippen LogP contribution is 2.61. The van der Waals surface area contributed by atoms with Gasteiger partial charge in [0.2, 0.25) is 0 Å². The van der Waals surface area contributed by atoms with Crippen molar-refractivity contribution >= 4 is 0 Å². The van der Waals surface area contributed by atoms with Gasteiger partial charge in [0.05, 0.1) is 0 Å². The molecule has 0 bridgehead atoms. The van der Waals surface area contributed by atoms with Gasteiger partial charge >= 0.3 is 0 Å². The van der Waals surface area contributed by atoms with E-state index in [1.807, 2.05) is 0 Å². The Hall–Kier alpha value is -0.0400. The maximum atomic E-state index is 5.69. The van der Waals surface area contributed by atoms with Crippen molar-refractivity contribution in [3.8, 4) is 0 Å². The van der Waals surface area contributed by atoms with Crippen LogP contribution in [0.1, 0.15) is 34.1 Å². The fraction of sp³-hybridized carbons (Fsp3) is 1.00. The van der Waals surface area contributed by atoms with Crippen molar-refractivity contribution in [2.45, 2.75) is 34.1 Å². The molecule has 0 aliphatic heterocycles. The van der Waals surface area contributed by atoms with E-state index in [0.717, 1.165) is 24.3 Å². The summed E-state index contributed by atoms with van der Waals surface area (Å²) in [5.74, 6) is 2.54. The lowest BCUT2D eigenvalue weighted by Gasteiger charge is -2.08. The molecule has 0 amide bonds. The molecule has 1 aliphatic rings. The summed E-state index contributed by atoms with van der Waals surface area (Å²) in [4.78, 5) is 0. The Labute approximate surface area is 70.4 Å². The fourth-order valence-corrected chi connectivity index (χ4v) is 2.62. The molecule has 0 spiro atoms. The van der Waals surface area contributed by atoms with E-state index < -0.39 is 0 Å². The zero-order chi connectivity index (χ0) is 8.65. The Morgan fingerprint density at radius 3 is 2.27 bits per heavy atom. The van der Waals surface area contributed by atoms with Crippen LogP contribution >= 0.6 is 0 Å². The van der Waals surface area contributed by atoms with E-state index >= 15 is 0 Å². The van der Waals surface area contributed by atoms with Crippen LogP contribution in [-0.4, -0.2) is 6.54 Å². The summed E-state index contributed by atoms with van der Waals surface area (Å²) in [7, 11) is 0. The third-order valence-corrected chi connectivity index (χ3v) is 3.65. The first kappa shape index (κ1) is 9.05. The lowest BCUT2D eigenvalue weighted by atomic mass is 9.97. The van der Waals surface area contributed by atoms with Crippen molar-refractivity contribution in [1.82, 2.24) is 0 Å². The molecule has 11 heavy (non-hydrogen) atoms. The fourth-order valence-electron chi connectivity index (χ4n) is 2.62. The molecule has 3 unspecified atom stereocenters. The summed E-state index contributed by atoms with van der Waals surface area (Å²) < 4.78 is 0. The molecule has 1 rings (SSSR count). The Bertz CT molecular complexity index is 140. The first-order chi connectivity index (χ1) is 5.05. The van der Waals surface area contributed by atoms with Crippen LogP contribution in [0.4, 0.5) is 0 Å². The molecule has 1 nitrogen and oxygen atoms in total. The molecule has 0 heterocycles. The van der Waals surface area contributed by atoms with Crippen LogP contribution in [0.25, 0.3) is 0 Å². The van der Waals surface area contributed by atoms with Crippen LogP contribution < -0.4 is 5.73 Å². The van der Waals surface area contributed by atoms with E-state index in [9.17, 15) is 0 Å². The SMILES string of the molecule is CCC(C)C1C(CN)C1(C)C. The second kappa shape index (κ2) is 2.78. The zero-order valence-electron chi connectivity index (χ0n) is 8.22. The minimum absolute atomic E-state index is 0.532. The summed E-state index contributed by atoms with van der Waals surface area (Å²) >= 11 is 0. The van der Waals surface area contributed by atoms with E-state index in [4.69, 9.17) is 5.73 Å². The van der Waals surface area contributed by atoms with Crippen LogP contribution in [0.5, 0.6) is 0 Å². The molecule has 1 saturated carbocycles. The Morgan fingerprint density at radius 2 is 2.00 bits per heavy atom. The van der Waals surface area contributed by atoms with Crippen molar-refractivity contribution < 1.29 is 0 Å². The van der Waals surface area contributed by atoms with E-state index in [0.29, 0.717) is 5.41 Å². The molecule has 0 saturated heterocycles. The highest BCUT2D eigenvalue weighted by atomic mass is 14.7. The topological polar surface area (TPSA) is 26.0 Å². The maximum absolute atomic E-state index is 5.69. The second-order valence-corrected chi connectivity index (χ2v) is 4.57. The predicted molar refractivity (Wildman–Crippen MR) is 49.3 cm³/mol. The predicted octanol–water partition coefficient (Wildman–Crippen LogP) is 2.26. The van der Waals surface area contributed by atoms with E-state index in [-0.39, 0.29) is 0 Å². The van der Waals surface area contributed by atoms with Gasteiger partial charge in [-0.3, -0.25) is 0 Å². The van der Waals surface area contributed by atoms with Gasteiger partial charge in [0.1, 0.15) is 0 Å². The summed E-state index contributed by atoms with van der Waals surface area (Å²) in [6.07, 6.45) is 1.30. The van der Waals surface area contributed by atoms with Gasteiger partial charge in [-0.05, 0) is 29.7 Å². The molecule has 1 heteroatoms. The minimum atomic E-state index is 0.532. The van der Waals surface area contributed by atoms with Gasteiger partial charge in [0.25, 0.3) is 0 Å².